The monoisotopic (exact) mass is 288 g/mol. The van der Waals surface area contributed by atoms with Gasteiger partial charge in [-0.2, -0.15) is 0 Å². The van der Waals surface area contributed by atoms with Gasteiger partial charge in [-0.3, -0.25) is 4.79 Å². The number of carbonyl (C=O) groups excluding carboxylic acids is 1. The Hall–Kier alpha value is -2.61. The molecule has 1 aromatic heterocycles. The predicted molar refractivity (Wildman–Crippen MR) is 86.0 cm³/mol. The molecular weight excluding hydrogens is 272 g/mol. The number of carbonyl (C=O) groups is 1. The molecule has 1 atom stereocenters. The fourth-order valence-corrected chi connectivity index (χ4v) is 3.15. The van der Waals surface area contributed by atoms with Gasteiger partial charge in [0, 0.05) is 18.4 Å². The van der Waals surface area contributed by atoms with Crippen LogP contribution in [-0.2, 0) is 6.42 Å². The van der Waals surface area contributed by atoms with Gasteiger partial charge >= 0.3 is 0 Å². The average Bonchev–Trinajstić information content (AvgIpc) is 3.01. The predicted octanol–water partition coefficient (Wildman–Crippen LogP) is 4.86. The normalized spacial score (nSPS) is 17.3. The lowest BCUT2D eigenvalue weighted by Gasteiger charge is -2.20. The zero-order valence-electron chi connectivity index (χ0n) is 12.2. The van der Waals surface area contributed by atoms with Crippen molar-refractivity contribution in [3.05, 3.63) is 83.6 Å². The maximum Gasteiger partial charge on any atom is 0.167 e. The fourth-order valence-electron chi connectivity index (χ4n) is 3.15. The Morgan fingerprint density at radius 1 is 0.864 bits per heavy atom. The molecule has 1 heterocycles. The van der Waals surface area contributed by atoms with E-state index in [0.29, 0.717) is 6.42 Å². The molecule has 3 aromatic rings. The van der Waals surface area contributed by atoms with Crippen molar-refractivity contribution < 1.29 is 9.21 Å². The molecule has 1 aliphatic carbocycles. The summed E-state index contributed by atoms with van der Waals surface area (Å²) in [7, 11) is 0. The molecule has 2 nitrogen and oxygen atoms in total. The number of fused-ring (bicyclic) bond motifs is 1. The van der Waals surface area contributed by atoms with E-state index in [1.807, 2.05) is 54.6 Å². The summed E-state index contributed by atoms with van der Waals surface area (Å²) in [6.45, 7) is 0. The highest BCUT2D eigenvalue weighted by molar-refractivity contribution is 5.99. The van der Waals surface area contributed by atoms with Crippen LogP contribution in [0, 0.1) is 0 Å². The van der Waals surface area contributed by atoms with Gasteiger partial charge in [0.2, 0.25) is 0 Å². The van der Waals surface area contributed by atoms with Crippen molar-refractivity contribution in [2.45, 2.75) is 18.8 Å². The van der Waals surface area contributed by atoms with Crippen LogP contribution in [0.4, 0.5) is 0 Å². The molecule has 0 radical (unpaired) electrons. The molecule has 1 aliphatic rings. The second kappa shape index (κ2) is 5.30. The molecule has 0 saturated heterocycles. The summed E-state index contributed by atoms with van der Waals surface area (Å²) in [5, 5.41) is 0. The summed E-state index contributed by atoms with van der Waals surface area (Å²) in [5.41, 5.74) is 2.98. The number of furan rings is 1. The van der Waals surface area contributed by atoms with E-state index in [2.05, 4.69) is 12.1 Å². The van der Waals surface area contributed by atoms with E-state index in [4.69, 9.17) is 4.42 Å². The first-order chi connectivity index (χ1) is 10.8. The van der Waals surface area contributed by atoms with Crippen LogP contribution in [0.25, 0.3) is 11.3 Å². The van der Waals surface area contributed by atoms with Crippen LogP contribution in [0.15, 0.2) is 71.1 Å². The van der Waals surface area contributed by atoms with Crippen molar-refractivity contribution in [2.75, 3.05) is 0 Å². The molecule has 108 valence electrons. The van der Waals surface area contributed by atoms with Crippen molar-refractivity contribution in [1.82, 2.24) is 0 Å². The Balaban J connectivity index is 1.70. The third kappa shape index (κ3) is 2.27. The molecular formula is C20H16O2. The second-order valence-corrected chi connectivity index (χ2v) is 5.75. The second-order valence-electron chi connectivity index (χ2n) is 5.75. The van der Waals surface area contributed by atoms with E-state index in [-0.39, 0.29) is 11.7 Å². The average molecular weight is 288 g/mol. The van der Waals surface area contributed by atoms with Crippen LogP contribution in [-0.4, -0.2) is 5.78 Å². The Bertz CT molecular complexity index is 800. The van der Waals surface area contributed by atoms with Gasteiger partial charge in [0.1, 0.15) is 11.5 Å². The van der Waals surface area contributed by atoms with Crippen molar-refractivity contribution in [3.8, 4) is 11.3 Å². The molecule has 22 heavy (non-hydrogen) atoms. The Kier molecular flexibility index (Phi) is 3.15. The van der Waals surface area contributed by atoms with Crippen LogP contribution in [0.1, 0.15) is 34.0 Å². The van der Waals surface area contributed by atoms with Crippen LogP contribution >= 0.6 is 0 Å². The maximum atomic E-state index is 12.5. The van der Waals surface area contributed by atoms with Gasteiger partial charge in [0.05, 0.1) is 5.56 Å². The van der Waals surface area contributed by atoms with Crippen molar-refractivity contribution in [2.24, 2.45) is 0 Å². The first-order valence-electron chi connectivity index (χ1n) is 7.57. The topological polar surface area (TPSA) is 30.2 Å². The summed E-state index contributed by atoms with van der Waals surface area (Å²) in [6.07, 6.45) is 1.35. The van der Waals surface area contributed by atoms with Gasteiger partial charge in [-0.1, -0.05) is 60.7 Å². The van der Waals surface area contributed by atoms with E-state index in [1.54, 1.807) is 0 Å². The van der Waals surface area contributed by atoms with Crippen LogP contribution in [0.3, 0.4) is 0 Å². The largest absolute Gasteiger partial charge is 0.460 e. The van der Waals surface area contributed by atoms with Gasteiger partial charge in [-0.05, 0) is 17.5 Å². The van der Waals surface area contributed by atoms with Gasteiger partial charge in [0.15, 0.2) is 5.78 Å². The van der Waals surface area contributed by atoms with Gasteiger partial charge in [-0.25, -0.2) is 0 Å². The quantitative estimate of drug-likeness (QED) is 0.674. The van der Waals surface area contributed by atoms with Gasteiger partial charge in [-0.15, -0.1) is 0 Å². The highest BCUT2D eigenvalue weighted by atomic mass is 16.3. The van der Waals surface area contributed by atoms with E-state index in [0.717, 1.165) is 29.1 Å². The van der Waals surface area contributed by atoms with E-state index in [1.165, 1.54) is 5.56 Å². The van der Waals surface area contributed by atoms with Crippen molar-refractivity contribution in [3.63, 3.8) is 0 Å². The van der Waals surface area contributed by atoms with Gasteiger partial charge < -0.3 is 4.42 Å². The molecule has 2 aromatic carbocycles. The number of hydrogen-bond acceptors (Lipinski definition) is 2. The molecule has 0 fully saturated rings. The minimum absolute atomic E-state index is 0.182. The van der Waals surface area contributed by atoms with Crippen molar-refractivity contribution >= 4 is 5.78 Å². The highest BCUT2D eigenvalue weighted by Gasteiger charge is 2.29. The lowest BCUT2D eigenvalue weighted by molar-refractivity contribution is 0.0960. The molecule has 2 heteroatoms. The third-order valence-corrected chi connectivity index (χ3v) is 4.30. The Labute approximate surface area is 129 Å². The van der Waals surface area contributed by atoms with E-state index >= 15 is 0 Å². The van der Waals surface area contributed by atoms with Crippen molar-refractivity contribution in [1.29, 1.82) is 0 Å². The summed E-state index contributed by atoms with van der Waals surface area (Å²) in [4.78, 5) is 12.5. The zero-order valence-corrected chi connectivity index (χ0v) is 12.2. The Morgan fingerprint density at radius 3 is 2.27 bits per heavy atom. The highest BCUT2D eigenvalue weighted by Crippen LogP contribution is 2.36. The first kappa shape index (κ1) is 13.1. The van der Waals surface area contributed by atoms with Crippen LogP contribution in [0.2, 0.25) is 0 Å². The lowest BCUT2D eigenvalue weighted by Crippen LogP contribution is -2.17. The van der Waals surface area contributed by atoms with Crippen LogP contribution in [0.5, 0.6) is 0 Å². The molecule has 0 aliphatic heterocycles. The first-order valence-corrected chi connectivity index (χ1v) is 7.57. The maximum absolute atomic E-state index is 12.5. The molecule has 0 spiro atoms. The summed E-state index contributed by atoms with van der Waals surface area (Å²) in [6, 6.07) is 22.1. The Morgan fingerprint density at radius 2 is 1.55 bits per heavy atom. The molecule has 0 bridgehead atoms. The summed E-state index contributed by atoms with van der Waals surface area (Å²) in [5.74, 6) is 2.01. The summed E-state index contributed by atoms with van der Waals surface area (Å²) >= 11 is 0. The zero-order chi connectivity index (χ0) is 14.9. The number of benzene rings is 2. The molecule has 0 amide bonds. The lowest BCUT2D eigenvalue weighted by atomic mass is 9.83. The number of ketones is 1. The number of rotatable bonds is 2. The third-order valence-electron chi connectivity index (χ3n) is 4.30. The minimum atomic E-state index is 0.182. The molecule has 0 saturated carbocycles. The minimum Gasteiger partial charge on any atom is -0.460 e. The fraction of sp³-hybridized carbons (Fsp3) is 0.150. The molecule has 4 rings (SSSR count). The smallest absolute Gasteiger partial charge is 0.167 e. The van der Waals surface area contributed by atoms with E-state index in [9.17, 15) is 4.79 Å². The summed E-state index contributed by atoms with van der Waals surface area (Å²) < 4.78 is 5.99. The van der Waals surface area contributed by atoms with Crippen LogP contribution < -0.4 is 0 Å². The SMILES string of the molecule is O=C1CC(c2ccccc2)Cc2oc(-c3ccccc3)cc21. The van der Waals surface area contributed by atoms with E-state index < -0.39 is 0 Å². The standard InChI is InChI=1S/C20H16O2/c21-18-11-16(14-7-3-1-4-8-14)12-20-17(18)13-19(22-20)15-9-5-2-6-10-15/h1-10,13,16H,11-12H2. The molecule has 1 unspecified atom stereocenters. The number of Topliss-reactive ketones (excluding diaryl/α,β-unsaturated/α-hetero) is 1. The number of hydrogen-bond donors (Lipinski definition) is 0. The van der Waals surface area contributed by atoms with Gasteiger partial charge in [0.25, 0.3) is 0 Å². The molecule has 0 N–H and O–H groups in total.